The fourth-order valence-corrected chi connectivity index (χ4v) is 7.93. The fraction of sp³-hybridized carbons (Fsp3) is 0.556. The van der Waals surface area contributed by atoms with Crippen LogP contribution in [0, 0.1) is 23.2 Å². The number of carbonyl (C=O) groups is 1. The van der Waals surface area contributed by atoms with Gasteiger partial charge in [-0.2, -0.15) is 4.98 Å². The van der Waals surface area contributed by atoms with Crippen molar-refractivity contribution >= 4 is 23.2 Å². The number of nitrogen functional groups attached to an aromatic ring is 1. The lowest BCUT2D eigenvalue weighted by molar-refractivity contribution is -0.158. The summed E-state index contributed by atoms with van der Waals surface area (Å²) in [6.07, 6.45) is 8.13. The van der Waals surface area contributed by atoms with Crippen molar-refractivity contribution in [1.82, 2.24) is 9.97 Å². The molecule has 2 aromatic rings. The molecule has 178 valence electrons. The predicted molar refractivity (Wildman–Crippen MR) is 129 cm³/mol. The zero-order valence-electron chi connectivity index (χ0n) is 20.0. The van der Waals surface area contributed by atoms with E-state index in [4.69, 9.17) is 15.5 Å². The number of hydrogen-bond acceptors (Lipinski definition) is 6. The Labute approximate surface area is 199 Å². The standard InChI is InChI=1S/C27H32N4O3/c1-15(24(32)33)26-9-16-8-17(10-26)12-27(11-16,13-26)19-6-4-18(5-7-19)21-25(2,3)34-23-20(31-21)22(28)29-14-30-23/h4-7,14-17H,8-13H2,1-3H3,(H,32,33)(H2,28,29,30). The van der Waals surface area contributed by atoms with E-state index < -0.39 is 11.6 Å². The molecular weight excluding hydrogens is 428 g/mol. The summed E-state index contributed by atoms with van der Waals surface area (Å²) < 4.78 is 6.14. The summed E-state index contributed by atoms with van der Waals surface area (Å²) in [5.41, 5.74) is 9.00. The zero-order chi connectivity index (χ0) is 23.9. The van der Waals surface area contributed by atoms with E-state index in [1.165, 1.54) is 31.2 Å². The van der Waals surface area contributed by atoms with Crippen LogP contribution in [0.15, 0.2) is 35.6 Å². The van der Waals surface area contributed by atoms with E-state index >= 15 is 0 Å². The number of carboxylic acids is 1. The molecule has 7 rings (SSSR count). The molecule has 4 bridgehead atoms. The van der Waals surface area contributed by atoms with Crippen molar-refractivity contribution in [3.8, 4) is 5.88 Å². The molecule has 1 aliphatic heterocycles. The van der Waals surface area contributed by atoms with E-state index in [0.717, 1.165) is 30.5 Å². The van der Waals surface area contributed by atoms with Gasteiger partial charge in [0.25, 0.3) is 0 Å². The minimum atomic E-state index is -0.656. The monoisotopic (exact) mass is 460 g/mol. The van der Waals surface area contributed by atoms with Gasteiger partial charge in [0, 0.05) is 5.56 Å². The molecule has 7 nitrogen and oxygen atoms in total. The second kappa shape index (κ2) is 7.03. The molecule has 4 aliphatic carbocycles. The largest absolute Gasteiger partial charge is 0.481 e. The highest BCUT2D eigenvalue weighted by atomic mass is 16.5. The van der Waals surface area contributed by atoms with Crippen molar-refractivity contribution < 1.29 is 14.6 Å². The summed E-state index contributed by atoms with van der Waals surface area (Å²) >= 11 is 0. The number of aliphatic imine (C=N–C) groups is 1. The van der Waals surface area contributed by atoms with Crippen molar-refractivity contribution in [3.05, 3.63) is 41.7 Å². The number of fused-ring (bicyclic) bond motifs is 1. The highest BCUT2D eigenvalue weighted by Crippen LogP contribution is 2.67. The third kappa shape index (κ3) is 3.08. The number of benzene rings is 1. The van der Waals surface area contributed by atoms with Gasteiger partial charge in [0.1, 0.15) is 11.9 Å². The minimum absolute atomic E-state index is 0.0703. The summed E-state index contributed by atoms with van der Waals surface area (Å²) in [6.45, 7) is 5.90. The van der Waals surface area contributed by atoms with Crippen LogP contribution in [0.1, 0.15) is 70.4 Å². The summed E-state index contributed by atoms with van der Waals surface area (Å²) in [5.74, 6) is 1.05. The highest BCUT2D eigenvalue weighted by Gasteiger charge is 2.60. The van der Waals surface area contributed by atoms with Gasteiger partial charge in [-0.15, -0.1) is 0 Å². The maximum atomic E-state index is 12.0. The molecule has 4 fully saturated rings. The summed E-state index contributed by atoms with van der Waals surface area (Å²) in [6, 6.07) is 8.74. The van der Waals surface area contributed by atoms with Crippen molar-refractivity contribution in [3.63, 3.8) is 0 Å². The lowest BCUT2D eigenvalue weighted by Crippen LogP contribution is -2.57. The number of hydrogen-bond donors (Lipinski definition) is 2. The van der Waals surface area contributed by atoms with Gasteiger partial charge in [0.2, 0.25) is 5.88 Å². The maximum Gasteiger partial charge on any atom is 0.306 e. The summed E-state index contributed by atoms with van der Waals surface area (Å²) in [4.78, 5) is 25.1. The van der Waals surface area contributed by atoms with Gasteiger partial charge in [-0.05, 0) is 80.6 Å². The van der Waals surface area contributed by atoms with Crippen LogP contribution in [0.2, 0.25) is 0 Å². The van der Waals surface area contributed by atoms with Crippen LogP contribution >= 0.6 is 0 Å². The summed E-state index contributed by atoms with van der Waals surface area (Å²) in [7, 11) is 0. The Balaban J connectivity index is 1.36. The van der Waals surface area contributed by atoms with Crippen molar-refractivity contribution in [2.75, 3.05) is 5.73 Å². The first-order valence-electron chi connectivity index (χ1n) is 12.3. The second-order valence-electron chi connectivity index (χ2n) is 11.7. The van der Waals surface area contributed by atoms with Gasteiger partial charge in [0.05, 0.1) is 11.6 Å². The molecule has 5 aliphatic rings. The molecule has 3 atom stereocenters. The molecule has 0 spiro atoms. The van der Waals surface area contributed by atoms with Crippen LogP contribution in [-0.2, 0) is 10.2 Å². The Hall–Kier alpha value is -2.96. The van der Waals surface area contributed by atoms with E-state index in [0.29, 0.717) is 29.2 Å². The maximum absolute atomic E-state index is 12.0. The molecule has 3 N–H and O–H groups in total. The molecule has 1 aromatic carbocycles. The van der Waals surface area contributed by atoms with Crippen LogP contribution in [0.4, 0.5) is 11.5 Å². The lowest BCUT2D eigenvalue weighted by Gasteiger charge is -2.63. The Kier molecular flexibility index (Phi) is 4.46. The van der Waals surface area contributed by atoms with Crippen LogP contribution in [0.3, 0.4) is 0 Å². The van der Waals surface area contributed by atoms with Gasteiger partial charge in [0.15, 0.2) is 11.5 Å². The molecule has 7 heteroatoms. The number of rotatable bonds is 4. The molecular formula is C27H32N4O3. The van der Waals surface area contributed by atoms with E-state index in [9.17, 15) is 9.90 Å². The number of ether oxygens (including phenoxy) is 1. The molecule has 4 saturated carbocycles. The Bertz CT molecular complexity index is 1190. The third-order valence-electron chi connectivity index (χ3n) is 9.13. The Morgan fingerprint density at radius 3 is 2.44 bits per heavy atom. The van der Waals surface area contributed by atoms with Crippen LogP contribution in [-0.4, -0.2) is 32.4 Å². The molecule has 0 amide bonds. The Morgan fingerprint density at radius 1 is 1.12 bits per heavy atom. The average Bonchev–Trinajstić information content (AvgIpc) is 2.77. The molecule has 0 saturated heterocycles. The third-order valence-corrected chi connectivity index (χ3v) is 9.13. The van der Waals surface area contributed by atoms with E-state index in [-0.39, 0.29) is 16.7 Å². The van der Waals surface area contributed by atoms with Crippen molar-refractivity contribution in [2.45, 2.75) is 70.3 Å². The first-order chi connectivity index (χ1) is 16.1. The SMILES string of the molecule is CC(C(=O)O)C12CC3CC(CC(c4ccc(C5=Nc6c(N)ncnc6OC5(C)C)cc4)(C3)C1)C2. The first-order valence-corrected chi connectivity index (χ1v) is 12.3. The number of carboxylic acid groups (broad SMARTS) is 1. The molecule has 2 heterocycles. The van der Waals surface area contributed by atoms with Gasteiger partial charge in [-0.1, -0.05) is 31.2 Å². The van der Waals surface area contributed by atoms with Gasteiger partial charge < -0.3 is 15.6 Å². The number of nitrogens with two attached hydrogens (primary N) is 1. The normalized spacial score (nSPS) is 33.6. The quantitative estimate of drug-likeness (QED) is 0.671. The van der Waals surface area contributed by atoms with Crippen LogP contribution in [0.5, 0.6) is 5.88 Å². The topological polar surface area (TPSA) is 111 Å². The average molecular weight is 461 g/mol. The highest BCUT2D eigenvalue weighted by molar-refractivity contribution is 6.09. The minimum Gasteiger partial charge on any atom is -0.481 e. The van der Waals surface area contributed by atoms with Crippen molar-refractivity contribution in [1.29, 1.82) is 0 Å². The lowest BCUT2D eigenvalue weighted by atomic mass is 9.41. The van der Waals surface area contributed by atoms with Crippen molar-refractivity contribution in [2.24, 2.45) is 28.2 Å². The van der Waals surface area contributed by atoms with Crippen LogP contribution < -0.4 is 10.5 Å². The second-order valence-corrected chi connectivity index (χ2v) is 11.7. The smallest absolute Gasteiger partial charge is 0.306 e. The number of anilines is 1. The van der Waals surface area contributed by atoms with E-state index in [1.54, 1.807) is 0 Å². The number of nitrogens with zero attached hydrogens (tertiary/aromatic N) is 3. The molecule has 0 radical (unpaired) electrons. The molecule has 3 unspecified atom stereocenters. The zero-order valence-corrected chi connectivity index (χ0v) is 20.0. The van der Waals surface area contributed by atoms with E-state index in [1.807, 2.05) is 20.8 Å². The number of aromatic nitrogens is 2. The van der Waals surface area contributed by atoms with Gasteiger partial charge in [-0.25, -0.2) is 9.98 Å². The molecule has 34 heavy (non-hydrogen) atoms. The fourth-order valence-electron chi connectivity index (χ4n) is 7.93. The first kappa shape index (κ1) is 21.6. The summed E-state index contributed by atoms with van der Waals surface area (Å²) in [5, 5.41) is 9.87. The van der Waals surface area contributed by atoms with Crippen LogP contribution in [0.25, 0.3) is 0 Å². The Morgan fingerprint density at radius 2 is 1.79 bits per heavy atom. The van der Waals surface area contributed by atoms with Gasteiger partial charge in [-0.3, -0.25) is 4.79 Å². The number of aliphatic carboxylic acids is 1. The van der Waals surface area contributed by atoms with Gasteiger partial charge >= 0.3 is 5.97 Å². The van der Waals surface area contributed by atoms with E-state index in [2.05, 4.69) is 34.2 Å². The predicted octanol–water partition coefficient (Wildman–Crippen LogP) is 4.91. The molecule has 1 aromatic heterocycles.